The van der Waals surface area contributed by atoms with Crippen molar-refractivity contribution in [3.63, 3.8) is 0 Å². The molecule has 1 fully saturated rings. The summed E-state index contributed by atoms with van der Waals surface area (Å²) in [6.45, 7) is 5.96. The number of nitrogens with one attached hydrogen (secondary N) is 1. The highest BCUT2D eigenvalue weighted by molar-refractivity contribution is 6.08. The molecule has 0 saturated heterocycles. The minimum atomic E-state index is 0.557. The van der Waals surface area contributed by atoms with E-state index >= 15 is 0 Å². The molecule has 0 spiro atoms. The van der Waals surface area contributed by atoms with E-state index in [-0.39, 0.29) is 0 Å². The first-order valence-electron chi connectivity index (χ1n) is 11.9. The molecule has 4 rings (SSSR count). The Morgan fingerprint density at radius 3 is 1.94 bits per heavy atom. The molecule has 1 saturated carbocycles. The van der Waals surface area contributed by atoms with Crippen LogP contribution in [0, 0.1) is 11.3 Å². The highest BCUT2D eigenvalue weighted by atomic mass is 14.5. The number of benzene rings is 3. The van der Waals surface area contributed by atoms with Crippen LogP contribution in [0.3, 0.4) is 0 Å². The van der Waals surface area contributed by atoms with Gasteiger partial charge >= 0.3 is 0 Å². The quantitative estimate of drug-likeness (QED) is 0.206. The van der Waals surface area contributed by atoms with Gasteiger partial charge in [-0.1, -0.05) is 110 Å². The topological polar surface area (TPSA) is 49.9 Å². The number of allylic oxidation sites excluding steroid dienone is 4. The van der Waals surface area contributed by atoms with Crippen LogP contribution in [0.1, 0.15) is 54.0 Å². The first kappa shape index (κ1) is 23.3. The number of rotatable bonds is 8. The van der Waals surface area contributed by atoms with Crippen LogP contribution in [0.4, 0.5) is 0 Å². The van der Waals surface area contributed by atoms with Gasteiger partial charge in [0.05, 0.1) is 0 Å². The Bertz CT molecular complexity index is 1240. The van der Waals surface area contributed by atoms with Gasteiger partial charge in [0.15, 0.2) is 0 Å². The third kappa shape index (κ3) is 5.18. The van der Waals surface area contributed by atoms with E-state index in [0.717, 1.165) is 16.7 Å². The summed E-state index contributed by atoms with van der Waals surface area (Å²) < 4.78 is 0. The first-order chi connectivity index (χ1) is 16.6. The summed E-state index contributed by atoms with van der Waals surface area (Å²) in [4.78, 5) is 0. The van der Waals surface area contributed by atoms with Crippen LogP contribution >= 0.6 is 0 Å². The van der Waals surface area contributed by atoms with E-state index < -0.39 is 0 Å². The fourth-order valence-electron chi connectivity index (χ4n) is 4.43. The molecule has 0 heterocycles. The van der Waals surface area contributed by atoms with Crippen LogP contribution in [-0.4, -0.2) is 6.21 Å². The van der Waals surface area contributed by atoms with Crippen molar-refractivity contribution in [2.24, 2.45) is 11.7 Å². The van der Waals surface area contributed by atoms with Gasteiger partial charge in [0, 0.05) is 18.0 Å². The highest BCUT2D eigenvalue weighted by Gasteiger charge is 2.27. The highest BCUT2D eigenvalue weighted by Crippen LogP contribution is 2.45. The lowest BCUT2D eigenvalue weighted by Crippen LogP contribution is -2.15. The molecule has 0 aliphatic heterocycles. The van der Waals surface area contributed by atoms with Crippen LogP contribution in [-0.2, 0) is 0 Å². The minimum absolute atomic E-state index is 0.557. The lowest BCUT2D eigenvalue weighted by molar-refractivity contribution is 0.401. The van der Waals surface area contributed by atoms with E-state index in [9.17, 15) is 0 Å². The van der Waals surface area contributed by atoms with Gasteiger partial charge in [-0.15, -0.1) is 0 Å². The molecule has 0 amide bonds. The molecular formula is C32H32N2. The fraction of sp³-hybridized carbons (Fsp3) is 0.156. The Labute approximate surface area is 203 Å². The summed E-state index contributed by atoms with van der Waals surface area (Å²) in [5, 5.41) is 7.63. The molecule has 0 unspecified atom stereocenters. The largest absolute Gasteiger partial charge is 0.404 e. The van der Waals surface area contributed by atoms with Gasteiger partial charge in [-0.05, 0) is 64.6 Å². The van der Waals surface area contributed by atoms with Gasteiger partial charge in [0.1, 0.15) is 0 Å². The molecule has 3 aromatic rings. The van der Waals surface area contributed by atoms with Gasteiger partial charge in [-0.25, -0.2) is 0 Å². The van der Waals surface area contributed by atoms with Crippen LogP contribution in [0.25, 0.3) is 22.8 Å². The van der Waals surface area contributed by atoms with Crippen LogP contribution < -0.4 is 5.73 Å². The van der Waals surface area contributed by atoms with E-state index in [1.165, 1.54) is 59.5 Å². The molecule has 0 bridgehead atoms. The van der Waals surface area contributed by atoms with Crippen LogP contribution in [0.5, 0.6) is 0 Å². The zero-order valence-corrected chi connectivity index (χ0v) is 19.8. The minimum Gasteiger partial charge on any atom is -0.404 e. The van der Waals surface area contributed by atoms with Crippen molar-refractivity contribution in [1.29, 1.82) is 5.41 Å². The van der Waals surface area contributed by atoms with Crippen molar-refractivity contribution in [3.05, 3.63) is 131 Å². The third-order valence-corrected chi connectivity index (χ3v) is 6.47. The summed E-state index contributed by atoms with van der Waals surface area (Å²) in [6, 6.07) is 28.1. The maximum Gasteiger partial charge on any atom is 0.0270 e. The summed E-state index contributed by atoms with van der Waals surface area (Å²) in [7, 11) is 0. The lowest BCUT2D eigenvalue weighted by atomic mass is 9.73. The number of nitrogens with two attached hydrogens (primary N) is 1. The number of hydrogen-bond acceptors (Lipinski definition) is 2. The maximum absolute atomic E-state index is 7.63. The monoisotopic (exact) mass is 444 g/mol. The van der Waals surface area contributed by atoms with Gasteiger partial charge < -0.3 is 11.1 Å². The molecule has 170 valence electrons. The molecule has 1 aliphatic rings. The molecule has 0 radical (unpaired) electrons. The average molecular weight is 445 g/mol. The van der Waals surface area contributed by atoms with Gasteiger partial charge in [-0.3, -0.25) is 0 Å². The third-order valence-electron chi connectivity index (χ3n) is 6.47. The maximum atomic E-state index is 7.63. The van der Waals surface area contributed by atoms with Crippen LogP contribution in [0.2, 0.25) is 0 Å². The predicted molar refractivity (Wildman–Crippen MR) is 147 cm³/mol. The molecule has 2 nitrogen and oxygen atoms in total. The van der Waals surface area contributed by atoms with E-state index in [2.05, 4.69) is 91.5 Å². The Morgan fingerprint density at radius 2 is 1.44 bits per heavy atom. The molecule has 34 heavy (non-hydrogen) atoms. The second kappa shape index (κ2) is 10.8. The Morgan fingerprint density at radius 1 is 0.853 bits per heavy atom. The molecule has 2 heteroatoms. The summed E-state index contributed by atoms with van der Waals surface area (Å²) >= 11 is 0. The van der Waals surface area contributed by atoms with Crippen LogP contribution in [0.15, 0.2) is 103 Å². The second-order valence-electron chi connectivity index (χ2n) is 8.93. The molecule has 0 atom stereocenters. The smallest absolute Gasteiger partial charge is 0.0270 e. The molecule has 0 aromatic heterocycles. The normalized spacial score (nSPS) is 15.0. The van der Waals surface area contributed by atoms with Gasteiger partial charge in [-0.2, -0.15) is 0 Å². The first-order valence-corrected chi connectivity index (χ1v) is 11.9. The van der Waals surface area contributed by atoms with E-state index in [1.54, 1.807) is 0 Å². The predicted octanol–water partition coefficient (Wildman–Crippen LogP) is 7.98. The van der Waals surface area contributed by atoms with E-state index in [1.807, 2.05) is 13.0 Å². The Balaban J connectivity index is 1.88. The molecule has 3 aromatic carbocycles. The van der Waals surface area contributed by atoms with Gasteiger partial charge in [0.25, 0.3) is 0 Å². The summed E-state index contributed by atoms with van der Waals surface area (Å²) in [6.07, 6.45) is 10.7. The second-order valence-corrected chi connectivity index (χ2v) is 8.93. The Hall–Kier alpha value is -3.91. The summed E-state index contributed by atoms with van der Waals surface area (Å²) in [5.74, 6) is 0.557. The van der Waals surface area contributed by atoms with E-state index in [4.69, 9.17) is 11.1 Å². The van der Waals surface area contributed by atoms with Crippen molar-refractivity contribution in [2.75, 3.05) is 0 Å². The van der Waals surface area contributed by atoms with Crippen molar-refractivity contribution >= 4 is 29.0 Å². The number of hydrogen-bond donors (Lipinski definition) is 2. The van der Waals surface area contributed by atoms with Crippen molar-refractivity contribution < 1.29 is 0 Å². The van der Waals surface area contributed by atoms with Gasteiger partial charge in [0.2, 0.25) is 0 Å². The SMILES string of the molecule is C=C(C)/C=C/c1ccc(/C(=C(\c2ccccc2)C2CCC2)c2ccc(/C(C=N)=C/N)cc2)cc1. The fourth-order valence-corrected chi connectivity index (χ4v) is 4.43. The molecule has 1 aliphatic carbocycles. The van der Waals surface area contributed by atoms with Crippen molar-refractivity contribution in [1.82, 2.24) is 0 Å². The molecular weight excluding hydrogens is 412 g/mol. The summed E-state index contributed by atoms with van der Waals surface area (Å²) in [5.41, 5.74) is 16.0. The standard InChI is InChI=1S/C32H32N2/c1-23(2)11-12-24-13-15-28(16-14-24)32(29-19-17-25(18-20-29)30(21-33)22-34)31(27-9-6-10-27)26-7-4-3-5-8-26/h3-5,7-8,11-22,27,33H,1,6,9-10,34H2,2H3/b12-11+,30-22+,32-31-,33-21?. The zero-order chi connectivity index (χ0) is 23.9. The van der Waals surface area contributed by atoms with E-state index in [0.29, 0.717) is 11.5 Å². The van der Waals surface area contributed by atoms with Crippen molar-refractivity contribution in [2.45, 2.75) is 26.2 Å². The lowest BCUT2D eigenvalue weighted by Gasteiger charge is -2.31. The van der Waals surface area contributed by atoms with Crippen molar-refractivity contribution in [3.8, 4) is 0 Å². The zero-order valence-electron chi connectivity index (χ0n) is 19.8. The average Bonchev–Trinajstić information content (AvgIpc) is 2.84. The Kier molecular flexibility index (Phi) is 7.39. The molecule has 3 N–H and O–H groups in total.